The van der Waals surface area contributed by atoms with E-state index < -0.39 is 0 Å². The highest BCUT2D eigenvalue weighted by atomic mass is 16.3. The molecular formula is C27H29N5O3. The Morgan fingerprint density at radius 1 is 1.09 bits per heavy atom. The molecule has 1 aromatic heterocycles. The Kier molecular flexibility index (Phi) is 6.35. The van der Waals surface area contributed by atoms with E-state index in [1.807, 2.05) is 36.2 Å². The second-order valence-electron chi connectivity index (χ2n) is 9.20. The standard InChI is InChI=1S/C27H29N5O3/c1-31(20-11-14-32(15-12-20)25-10-13-28-17-29-25)27(35)19-7-6-18-8-9-23(22(18)16-19)30-26(34)21-4-2-3-5-24(21)33/h2-7,10,13,16-17,20,23,33H,8-9,11-12,14-15H2,1H3,(H,30,34). The molecule has 35 heavy (non-hydrogen) atoms. The van der Waals surface area contributed by atoms with Crippen molar-refractivity contribution in [2.75, 3.05) is 25.0 Å². The highest BCUT2D eigenvalue weighted by Crippen LogP contribution is 2.33. The molecule has 1 aliphatic carbocycles. The Bertz CT molecular complexity index is 1220. The van der Waals surface area contributed by atoms with Gasteiger partial charge in [0.05, 0.1) is 11.6 Å². The number of amides is 2. The van der Waals surface area contributed by atoms with Gasteiger partial charge >= 0.3 is 0 Å². The van der Waals surface area contributed by atoms with Crippen molar-refractivity contribution in [2.45, 2.75) is 37.8 Å². The number of rotatable bonds is 5. The van der Waals surface area contributed by atoms with Crippen molar-refractivity contribution in [1.29, 1.82) is 0 Å². The minimum Gasteiger partial charge on any atom is -0.507 e. The Balaban J connectivity index is 1.25. The van der Waals surface area contributed by atoms with E-state index >= 15 is 0 Å². The van der Waals surface area contributed by atoms with Crippen molar-refractivity contribution < 1.29 is 14.7 Å². The van der Waals surface area contributed by atoms with Crippen LogP contribution in [0.4, 0.5) is 5.82 Å². The van der Waals surface area contributed by atoms with Gasteiger partial charge in [-0.3, -0.25) is 9.59 Å². The highest BCUT2D eigenvalue weighted by Gasteiger charge is 2.29. The molecule has 2 aromatic carbocycles. The maximum Gasteiger partial charge on any atom is 0.255 e. The van der Waals surface area contributed by atoms with Gasteiger partial charge in [-0.1, -0.05) is 18.2 Å². The van der Waals surface area contributed by atoms with E-state index in [2.05, 4.69) is 20.2 Å². The predicted octanol–water partition coefficient (Wildman–Crippen LogP) is 3.34. The molecule has 3 aromatic rings. The largest absolute Gasteiger partial charge is 0.507 e. The van der Waals surface area contributed by atoms with Crippen LogP contribution in [0.1, 0.15) is 57.1 Å². The number of fused-ring (bicyclic) bond motifs is 1. The summed E-state index contributed by atoms with van der Waals surface area (Å²) in [4.78, 5) is 38.5. The van der Waals surface area contributed by atoms with Gasteiger partial charge in [-0.15, -0.1) is 0 Å². The first-order valence-electron chi connectivity index (χ1n) is 12.0. The number of hydrogen-bond acceptors (Lipinski definition) is 6. The van der Waals surface area contributed by atoms with Crippen LogP contribution < -0.4 is 10.2 Å². The number of hydrogen-bond donors (Lipinski definition) is 2. The van der Waals surface area contributed by atoms with Gasteiger partial charge in [-0.2, -0.15) is 0 Å². The summed E-state index contributed by atoms with van der Waals surface area (Å²) in [5, 5.41) is 13.0. The van der Waals surface area contributed by atoms with E-state index in [9.17, 15) is 14.7 Å². The monoisotopic (exact) mass is 471 g/mol. The van der Waals surface area contributed by atoms with E-state index in [-0.39, 0.29) is 35.2 Å². The molecule has 2 aliphatic rings. The Labute approximate surface area is 204 Å². The Morgan fingerprint density at radius 2 is 1.89 bits per heavy atom. The molecule has 0 saturated carbocycles. The number of nitrogens with one attached hydrogen (secondary N) is 1. The Morgan fingerprint density at radius 3 is 2.63 bits per heavy atom. The quantitative estimate of drug-likeness (QED) is 0.592. The van der Waals surface area contributed by atoms with E-state index in [1.54, 1.807) is 30.7 Å². The number of phenols is 1. The lowest BCUT2D eigenvalue weighted by atomic mass is 10.00. The maximum atomic E-state index is 13.4. The number of aromatic nitrogens is 2. The van der Waals surface area contributed by atoms with Gasteiger partial charge in [0, 0.05) is 37.9 Å². The molecule has 8 heteroatoms. The zero-order valence-corrected chi connectivity index (χ0v) is 19.7. The molecule has 1 saturated heterocycles. The third-order valence-corrected chi connectivity index (χ3v) is 7.15. The summed E-state index contributed by atoms with van der Waals surface area (Å²) in [6.45, 7) is 1.67. The molecule has 0 bridgehead atoms. The number of anilines is 1. The minimum atomic E-state index is -0.315. The molecule has 1 aliphatic heterocycles. The first-order chi connectivity index (χ1) is 17.0. The number of aromatic hydroxyl groups is 1. The number of carbonyl (C=O) groups is 2. The normalized spacial score (nSPS) is 17.6. The van der Waals surface area contributed by atoms with Gasteiger partial charge < -0.3 is 20.2 Å². The van der Waals surface area contributed by atoms with E-state index in [4.69, 9.17) is 0 Å². The SMILES string of the molecule is CN(C(=O)c1ccc2c(c1)C(NC(=O)c1ccccc1O)CC2)C1CCN(c2ccncn2)CC1. The summed E-state index contributed by atoms with van der Waals surface area (Å²) < 4.78 is 0. The fourth-order valence-corrected chi connectivity index (χ4v) is 5.11. The first-order valence-corrected chi connectivity index (χ1v) is 12.0. The molecule has 1 atom stereocenters. The van der Waals surface area contributed by atoms with E-state index in [0.717, 1.165) is 55.7 Å². The van der Waals surface area contributed by atoms with Crippen LogP contribution in [0.25, 0.3) is 0 Å². The maximum absolute atomic E-state index is 13.4. The van der Waals surface area contributed by atoms with Crippen LogP contribution in [0.2, 0.25) is 0 Å². The van der Waals surface area contributed by atoms with E-state index in [0.29, 0.717) is 5.56 Å². The van der Waals surface area contributed by atoms with Gasteiger partial charge in [-0.25, -0.2) is 9.97 Å². The number of phenolic OH excluding ortho intramolecular Hbond substituents is 1. The van der Waals surface area contributed by atoms with Crippen LogP contribution in [0, 0.1) is 0 Å². The summed E-state index contributed by atoms with van der Waals surface area (Å²) in [7, 11) is 1.87. The number of para-hydroxylation sites is 1. The fraction of sp³-hybridized carbons (Fsp3) is 0.333. The van der Waals surface area contributed by atoms with Crippen molar-refractivity contribution in [1.82, 2.24) is 20.2 Å². The summed E-state index contributed by atoms with van der Waals surface area (Å²) >= 11 is 0. The molecule has 0 radical (unpaired) electrons. The van der Waals surface area contributed by atoms with Crippen molar-refractivity contribution in [3.8, 4) is 5.75 Å². The molecule has 5 rings (SSSR count). The number of aryl methyl sites for hydroxylation is 1. The average molecular weight is 472 g/mol. The van der Waals surface area contributed by atoms with Crippen molar-refractivity contribution in [2.24, 2.45) is 0 Å². The number of benzene rings is 2. The third kappa shape index (κ3) is 4.69. The van der Waals surface area contributed by atoms with Crippen LogP contribution in [0.5, 0.6) is 5.75 Å². The second-order valence-corrected chi connectivity index (χ2v) is 9.20. The summed E-state index contributed by atoms with van der Waals surface area (Å²) in [6, 6.07) is 14.2. The number of nitrogens with zero attached hydrogens (tertiary/aromatic N) is 4. The van der Waals surface area contributed by atoms with Crippen molar-refractivity contribution in [3.63, 3.8) is 0 Å². The van der Waals surface area contributed by atoms with E-state index in [1.165, 1.54) is 6.07 Å². The predicted molar refractivity (Wildman–Crippen MR) is 132 cm³/mol. The smallest absolute Gasteiger partial charge is 0.255 e. The fourth-order valence-electron chi connectivity index (χ4n) is 5.11. The third-order valence-electron chi connectivity index (χ3n) is 7.15. The molecule has 8 nitrogen and oxygen atoms in total. The van der Waals surface area contributed by atoms with Gasteiger partial charge in [0.25, 0.3) is 11.8 Å². The van der Waals surface area contributed by atoms with Gasteiger partial charge in [0.2, 0.25) is 0 Å². The van der Waals surface area contributed by atoms with Crippen molar-refractivity contribution >= 4 is 17.6 Å². The average Bonchev–Trinajstić information content (AvgIpc) is 3.30. The summed E-state index contributed by atoms with van der Waals surface area (Å²) in [5.41, 5.74) is 3.01. The first kappa shape index (κ1) is 22.8. The number of piperidine rings is 1. The van der Waals surface area contributed by atoms with Crippen LogP contribution in [0.15, 0.2) is 61.1 Å². The molecule has 180 valence electrons. The van der Waals surface area contributed by atoms with Crippen LogP contribution in [0.3, 0.4) is 0 Å². The van der Waals surface area contributed by atoms with Gasteiger partial charge in [0.15, 0.2) is 0 Å². The zero-order chi connectivity index (χ0) is 24.4. The van der Waals surface area contributed by atoms with Crippen LogP contribution in [-0.4, -0.2) is 58.0 Å². The van der Waals surface area contributed by atoms with Crippen LogP contribution >= 0.6 is 0 Å². The molecule has 2 amide bonds. The molecule has 2 heterocycles. The molecular weight excluding hydrogens is 442 g/mol. The topological polar surface area (TPSA) is 98.7 Å². The Hall–Kier alpha value is -3.94. The summed E-state index contributed by atoms with van der Waals surface area (Å²) in [6.07, 6.45) is 6.66. The lowest BCUT2D eigenvalue weighted by Gasteiger charge is -2.37. The second kappa shape index (κ2) is 9.74. The van der Waals surface area contributed by atoms with Crippen molar-refractivity contribution in [3.05, 3.63) is 83.3 Å². The highest BCUT2D eigenvalue weighted by molar-refractivity contribution is 5.97. The van der Waals surface area contributed by atoms with Crippen LogP contribution in [-0.2, 0) is 6.42 Å². The zero-order valence-electron chi connectivity index (χ0n) is 19.7. The number of carbonyl (C=O) groups excluding carboxylic acids is 2. The van der Waals surface area contributed by atoms with Gasteiger partial charge in [0.1, 0.15) is 17.9 Å². The lowest BCUT2D eigenvalue weighted by molar-refractivity contribution is 0.0709. The van der Waals surface area contributed by atoms with Gasteiger partial charge in [-0.05, 0) is 67.1 Å². The minimum absolute atomic E-state index is 0.00836. The molecule has 1 unspecified atom stereocenters. The lowest BCUT2D eigenvalue weighted by Crippen LogP contribution is -2.46. The molecule has 1 fully saturated rings. The summed E-state index contributed by atoms with van der Waals surface area (Å²) in [5.74, 6) is 0.554. The molecule has 2 N–H and O–H groups in total. The molecule has 0 spiro atoms.